The molecule has 0 aliphatic heterocycles. The van der Waals surface area contributed by atoms with E-state index in [1.165, 1.54) is 37.7 Å². The first kappa shape index (κ1) is 20.2. The Morgan fingerprint density at radius 2 is 1.91 bits per heavy atom. The van der Waals surface area contributed by atoms with Gasteiger partial charge >= 0.3 is 0 Å². The second-order valence-electron chi connectivity index (χ2n) is 6.40. The van der Waals surface area contributed by atoms with Gasteiger partial charge < -0.3 is 16.2 Å². The predicted molar refractivity (Wildman–Crippen MR) is 107 cm³/mol. The Morgan fingerprint density at radius 3 is 2.52 bits per heavy atom. The van der Waals surface area contributed by atoms with Gasteiger partial charge in [-0.25, -0.2) is 0 Å². The maximum atomic E-state index is 9.72. The molecule has 0 amide bonds. The Balaban J connectivity index is 0.00000264. The summed E-state index contributed by atoms with van der Waals surface area (Å²) in [4.78, 5) is 4.52. The molecule has 0 bridgehead atoms. The fourth-order valence-corrected chi connectivity index (χ4v) is 3.16. The summed E-state index contributed by atoms with van der Waals surface area (Å²) in [6.45, 7) is 2.43. The number of aliphatic imine (C=N–C) groups is 1. The summed E-state index contributed by atoms with van der Waals surface area (Å²) in [7, 11) is 0. The van der Waals surface area contributed by atoms with E-state index in [4.69, 9.17) is 5.73 Å². The van der Waals surface area contributed by atoms with E-state index in [1.54, 1.807) is 0 Å². The number of hydrogen-bond acceptors (Lipinski definition) is 2. The van der Waals surface area contributed by atoms with Crippen LogP contribution in [-0.2, 0) is 0 Å². The summed E-state index contributed by atoms with van der Waals surface area (Å²) in [6.07, 6.45) is 6.62. The van der Waals surface area contributed by atoms with E-state index in [0.717, 1.165) is 0 Å². The highest BCUT2D eigenvalue weighted by molar-refractivity contribution is 14.0. The van der Waals surface area contributed by atoms with E-state index in [2.05, 4.69) is 22.4 Å². The third-order valence-corrected chi connectivity index (χ3v) is 4.34. The van der Waals surface area contributed by atoms with Crippen LogP contribution >= 0.6 is 24.0 Å². The van der Waals surface area contributed by atoms with Gasteiger partial charge in [0.15, 0.2) is 5.96 Å². The molecule has 0 radical (unpaired) electrons. The largest absolute Gasteiger partial charge is 0.393 e. The number of hydrogen-bond donors (Lipinski definition) is 3. The van der Waals surface area contributed by atoms with Crippen LogP contribution in [0.1, 0.15) is 56.9 Å². The third-order valence-electron chi connectivity index (χ3n) is 4.34. The molecular weight excluding hydrogens is 401 g/mol. The van der Waals surface area contributed by atoms with Crippen LogP contribution in [0.25, 0.3) is 0 Å². The Bertz CT molecular complexity index is 459. The van der Waals surface area contributed by atoms with Crippen LogP contribution in [-0.4, -0.2) is 29.8 Å². The number of nitrogens with zero attached hydrogens (tertiary/aromatic N) is 1. The number of aliphatic hydroxyl groups is 1. The molecule has 1 saturated carbocycles. The standard InChI is InChI=1S/C18H29N3O.HI/c1-14(22)12-16(15-8-4-2-5-9-15)13-20-18(19)21-17-10-6-3-7-11-17;/h2,4-5,8-9,14,16-17,22H,3,6-7,10-13H2,1H3,(H3,19,20,21);1H. The molecule has 0 aromatic heterocycles. The zero-order valence-corrected chi connectivity index (χ0v) is 16.3. The van der Waals surface area contributed by atoms with Crippen LogP contribution in [0.15, 0.2) is 35.3 Å². The minimum Gasteiger partial charge on any atom is -0.393 e. The molecule has 5 heteroatoms. The quantitative estimate of drug-likeness (QED) is 0.367. The fourth-order valence-electron chi connectivity index (χ4n) is 3.16. The predicted octanol–water partition coefficient (Wildman–Crippen LogP) is 3.40. The van der Waals surface area contributed by atoms with Crippen molar-refractivity contribution in [3.8, 4) is 0 Å². The number of aliphatic hydroxyl groups excluding tert-OH is 1. The van der Waals surface area contributed by atoms with Crippen molar-refractivity contribution in [1.82, 2.24) is 5.32 Å². The number of benzene rings is 1. The van der Waals surface area contributed by atoms with Crippen LogP contribution in [0.4, 0.5) is 0 Å². The van der Waals surface area contributed by atoms with Gasteiger partial charge in [0.1, 0.15) is 0 Å². The van der Waals surface area contributed by atoms with E-state index in [1.807, 2.05) is 25.1 Å². The first-order chi connectivity index (χ1) is 10.6. The molecule has 1 aliphatic rings. The van der Waals surface area contributed by atoms with Gasteiger partial charge in [-0.3, -0.25) is 4.99 Å². The summed E-state index contributed by atoms with van der Waals surface area (Å²) >= 11 is 0. The first-order valence-electron chi connectivity index (χ1n) is 8.44. The molecule has 1 aromatic rings. The monoisotopic (exact) mass is 431 g/mol. The smallest absolute Gasteiger partial charge is 0.188 e. The Hall–Kier alpha value is -0.820. The number of halogens is 1. The van der Waals surface area contributed by atoms with Gasteiger partial charge in [-0.2, -0.15) is 0 Å². The van der Waals surface area contributed by atoms with Crippen molar-refractivity contribution in [3.05, 3.63) is 35.9 Å². The van der Waals surface area contributed by atoms with Gasteiger partial charge in [-0.1, -0.05) is 49.6 Å². The molecule has 4 nitrogen and oxygen atoms in total. The minimum absolute atomic E-state index is 0. The van der Waals surface area contributed by atoms with Crippen molar-refractivity contribution in [3.63, 3.8) is 0 Å². The highest BCUT2D eigenvalue weighted by atomic mass is 127. The van der Waals surface area contributed by atoms with Gasteiger partial charge in [-0.05, 0) is 31.7 Å². The maximum Gasteiger partial charge on any atom is 0.188 e. The molecule has 4 N–H and O–H groups in total. The molecule has 0 saturated heterocycles. The van der Waals surface area contributed by atoms with E-state index in [-0.39, 0.29) is 36.0 Å². The molecule has 1 fully saturated rings. The lowest BCUT2D eigenvalue weighted by Gasteiger charge is -2.23. The molecule has 2 unspecified atom stereocenters. The van der Waals surface area contributed by atoms with Crippen molar-refractivity contribution in [1.29, 1.82) is 0 Å². The van der Waals surface area contributed by atoms with Crippen LogP contribution in [0.2, 0.25) is 0 Å². The van der Waals surface area contributed by atoms with E-state index in [9.17, 15) is 5.11 Å². The van der Waals surface area contributed by atoms with Crippen LogP contribution in [0, 0.1) is 0 Å². The second-order valence-corrected chi connectivity index (χ2v) is 6.40. The molecule has 23 heavy (non-hydrogen) atoms. The van der Waals surface area contributed by atoms with Gasteiger partial charge in [-0.15, -0.1) is 24.0 Å². The highest BCUT2D eigenvalue weighted by Crippen LogP contribution is 2.22. The maximum absolute atomic E-state index is 9.72. The molecule has 2 atom stereocenters. The topological polar surface area (TPSA) is 70.6 Å². The highest BCUT2D eigenvalue weighted by Gasteiger charge is 2.16. The number of guanidine groups is 1. The SMILES string of the molecule is CC(O)CC(CN=C(N)NC1CCCCC1)c1ccccc1.I. The number of rotatable bonds is 6. The molecule has 0 heterocycles. The van der Waals surface area contributed by atoms with Gasteiger partial charge in [0.25, 0.3) is 0 Å². The molecular formula is C18H30IN3O. The van der Waals surface area contributed by atoms with Gasteiger partial charge in [0.05, 0.1) is 6.10 Å². The lowest BCUT2D eigenvalue weighted by Crippen LogP contribution is -2.41. The van der Waals surface area contributed by atoms with Crippen molar-refractivity contribution >= 4 is 29.9 Å². The number of nitrogens with one attached hydrogen (secondary N) is 1. The van der Waals surface area contributed by atoms with E-state index < -0.39 is 0 Å². The molecule has 1 aliphatic carbocycles. The van der Waals surface area contributed by atoms with Crippen LogP contribution in [0.5, 0.6) is 0 Å². The molecule has 1 aromatic carbocycles. The van der Waals surface area contributed by atoms with Crippen molar-refractivity contribution in [2.75, 3.05) is 6.54 Å². The van der Waals surface area contributed by atoms with Crippen molar-refractivity contribution < 1.29 is 5.11 Å². The summed E-state index contributed by atoms with van der Waals surface area (Å²) in [5.74, 6) is 0.742. The molecule has 0 spiro atoms. The van der Waals surface area contributed by atoms with Crippen molar-refractivity contribution in [2.45, 2.75) is 63.5 Å². The first-order valence-corrected chi connectivity index (χ1v) is 8.44. The Labute approximate surface area is 157 Å². The average Bonchev–Trinajstić information content (AvgIpc) is 2.53. The summed E-state index contributed by atoms with van der Waals surface area (Å²) in [5, 5.41) is 13.1. The molecule has 2 rings (SSSR count). The van der Waals surface area contributed by atoms with Crippen molar-refractivity contribution in [2.24, 2.45) is 10.7 Å². The lowest BCUT2D eigenvalue weighted by molar-refractivity contribution is 0.175. The minimum atomic E-state index is -0.340. The normalized spacial score (nSPS) is 18.8. The van der Waals surface area contributed by atoms with E-state index >= 15 is 0 Å². The Morgan fingerprint density at radius 1 is 1.26 bits per heavy atom. The lowest BCUT2D eigenvalue weighted by atomic mass is 9.93. The van der Waals surface area contributed by atoms with Crippen LogP contribution in [0.3, 0.4) is 0 Å². The third kappa shape index (κ3) is 7.52. The number of nitrogens with two attached hydrogens (primary N) is 1. The van der Waals surface area contributed by atoms with Crippen LogP contribution < -0.4 is 11.1 Å². The summed E-state index contributed by atoms with van der Waals surface area (Å²) in [6, 6.07) is 10.7. The summed E-state index contributed by atoms with van der Waals surface area (Å²) in [5.41, 5.74) is 7.24. The summed E-state index contributed by atoms with van der Waals surface area (Å²) < 4.78 is 0. The zero-order chi connectivity index (χ0) is 15.8. The fraction of sp³-hybridized carbons (Fsp3) is 0.611. The molecule has 130 valence electrons. The van der Waals surface area contributed by atoms with Gasteiger partial charge in [0, 0.05) is 18.5 Å². The Kier molecular flexibility index (Phi) is 9.55. The van der Waals surface area contributed by atoms with Gasteiger partial charge in [0.2, 0.25) is 0 Å². The zero-order valence-electron chi connectivity index (χ0n) is 13.9. The second kappa shape index (κ2) is 10.9. The van der Waals surface area contributed by atoms with E-state index in [0.29, 0.717) is 25.0 Å². The average molecular weight is 431 g/mol.